The van der Waals surface area contributed by atoms with E-state index in [2.05, 4.69) is 37.9 Å². The van der Waals surface area contributed by atoms with E-state index in [0.717, 1.165) is 14.2 Å². The summed E-state index contributed by atoms with van der Waals surface area (Å²) in [7, 11) is 6.93. The van der Waals surface area contributed by atoms with Crippen LogP contribution in [0.5, 0.6) is 0 Å². The maximum absolute atomic E-state index is 10.0. The van der Waals surface area contributed by atoms with Crippen molar-refractivity contribution in [2.45, 2.75) is 14.9 Å². The standard InChI is InChI=1S/2C4H8O4.C3H4O3.C3H6O3.C2H6O2.2CH4O.2CH4/c2*1-7-4(6)8-3-2-5;4-3-5-1-2-6-3;1-5-3(4)6-2;3-1-2-4;2*1-2;;/h2*5H,2-3H2,1H3;1-2H2;1-2H3;3-4H,1-2H2;2*2H,1H3;2*1H4. The zero-order chi connectivity index (χ0) is 29.6. The summed E-state index contributed by atoms with van der Waals surface area (Å²) in [4.78, 5) is 39.6. The van der Waals surface area contributed by atoms with E-state index >= 15 is 0 Å². The maximum Gasteiger partial charge on any atom is 0.508 e. The zero-order valence-electron chi connectivity index (χ0n) is 21.2. The van der Waals surface area contributed by atoms with Crippen molar-refractivity contribution in [1.29, 1.82) is 0 Å². The molecule has 0 spiro atoms. The molecule has 0 atom stereocenters. The number of hydrogen-bond acceptors (Lipinski definition) is 18. The summed E-state index contributed by atoms with van der Waals surface area (Å²) in [6, 6.07) is 0. The van der Waals surface area contributed by atoms with E-state index in [-0.39, 0.29) is 54.5 Å². The number of carbonyl (C=O) groups excluding carboxylic acids is 4. The van der Waals surface area contributed by atoms with Crippen molar-refractivity contribution in [2.24, 2.45) is 0 Å². The Morgan fingerprint density at radius 1 is 0.605 bits per heavy atom. The molecule has 0 radical (unpaired) electrons. The number of rotatable bonds is 5. The fraction of sp³-hybridized carbons (Fsp3) is 0.800. The van der Waals surface area contributed by atoms with Crippen LogP contribution in [0.2, 0.25) is 0 Å². The molecule has 0 bridgehead atoms. The minimum Gasteiger partial charge on any atom is -0.438 e. The molecule has 1 fully saturated rings. The van der Waals surface area contributed by atoms with E-state index < -0.39 is 24.6 Å². The van der Waals surface area contributed by atoms with E-state index in [9.17, 15) is 19.2 Å². The fourth-order valence-electron chi connectivity index (χ4n) is 0.751. The molecule has 1 rings (SSSR count). The van der Waals surface area contributed by atoms with Crippen LogP contribution in [0.3, 0.4) is 0 Å². The maximum atomic E-state index is 10.0. The molecule has 1 saturated heterocycles. The summed E-state index contributed by atoms with van der Waals surface area (Å²) in [5.74, 6) is 0. The molecule has 1 aliphatic rings. The summed E-state index contributed by atoms with van der Waals surface area (Å²) in [6.07, 6.45) is -2.73. The van der Waals surface area contributed by atoms with Crippen LogP contribution in [-0.2, 0) is 37.9 Å². The molecule has 1 aliphatic heterocycles. The van der Waals surface area contributed by atoms with Crippen molar-refractivity contribution in [3.05, 3.63) is 0 Å². The summed E-state index contributed by atoms with van der Waals surface area (Å²) in [6.45, 7) is 0.223. The number of hydrogen-bond donors (Lipinski definition) is 6. The van der Waals surface area contributed by atoms with Crippen molar-refractivity contribution in [2.75, 3.05) is 95.5 Å². The van der Waals surface area contributed by atoms with Crippen LogP contribution in [-0.4, -0.2) is 151 Å². The van der Waals surface area contributed by atoms with Gasteiger partial charge in [0.05, 0.1) is 54.9 Å². The second-order valence-electron chi connectivity index (χ2n) is 4.10. The fourth-order valence-corrected chi connectivity index (χ4v) is 0.751. The predicted molar refractivity (Wildman–Crippen MR) is 132 cm³/mol. The minimum atomic E-state index is -0.765. The molecule has 18 heteroatoms. The molecule has 0 aromatic carbocycles. The Morgan fingerprint density at radius 2 is 0.868 bits per heavy atom. The Bertz CT molecular complexity index is 410. The smallest absolute Gasteiger partial charge is 0.438 e. The molecule has 0 aromatic rings. The average molecular weight is 577 g/mol. The van der Waals surface area contributed by atoms with Crippen molar-refractivity contribution in [3.8, 4) is 0 Å². The number of carbonyl (C=O) groups is 4. The number of methoxy groups -OCH3 is 4. The Labute approximate surface area is 223 Å². The lowest BCUT2D eigenvalue weighted by Gasteiger charge is -1.97. The lowest BCUT2D eigenvalue weighted by molar-refractivity contribution is 0.0579. The average Bonchev–Trinajstić information content (AvgIpc) is 3.43. The van der Waals surface area contributed by atoms with Crippen LogP contribution >= 0.6 is 0 Å². The topological polar surface area (TPSA) is 263 Å². The second-order valence-corrected chi connectivity index (χ2v) is 4.10. The van der Waals surface area contributed by atoms with E-state index in [0.29, 0.717) is 13.2 Å². The van der Waals surface area contributed by atoms with Crippen molar-refractivity contribution >= 4 is 24.6 Å². The third-order valence-corrected chi connectivity index (χ3v) is 1.91. The monoisotopic (exact) mass is 576 g/mol. The minimum absolute atomic E-state index is 0. The highest BCUT2D eigenvalue weighted by molar-refractivity contribution is 5.61. The Kier molecular flexibility index (Phi) is 86.2. The Morgan fingerprint density at radius 3 is 0.974 bits per heavy atom. The highest BCUT2D eigenvalue weighted by Crippen LogP contribution is 1.92. The van der Waals surface area contributed by atoms with Gasteiger partial charge in [-0.25, -0.2) is 19.2 Å². The van der Waals surface area contributed by atoms with E-state index in [1.807, 2.05) is 0 Å². The van der Waals surface area contributed by atoms with Gasteiger partial charge in [0.1, 0.15) is 26.4 Å². The van der Waals surface area contributed by atoms with E-state index in [4.69, 9.17) is 30.6 Å². The summed E-state index contributed by atoms with van der Waals surface area (Å²) >= 11 is 0. The van der Waals surface area contributed by atoms with Crippen LogP contribution in [0.25, 0.3) is 0 Å². The van der Waals surface area contributed by atoms with Gasteiger partial charge >= 0.3 is 24.6 Å². The molecule has 1 heterocycles. The number of aliphatic hydroxyl groups excluding tert-OH is 6. The van der Waals surface area contributed by atoms with E-state index in [1.165, 1.54) is 28.4 Å². The molecule has 38 heavy (non-hydrogen) atoms. The van der Waals surface area contributed by atoms with Gasteiger partial charge in [-0.3, -0.25) is 0 Å². The summed E-state index contributed by atoms with van der Waals surface area (Å²) in [5, 5.41) is 45.4. The van der Waals surface area contributed by atoms with Crippen molar-refractivity contribution in [3.63, 3.8) is 0 Å². The van der Waals surface area contributed by atoms with Crippen LogP contribution < -0.4 is 0 Å². The molecule has 18 nitrogen and oxygen atoms in total. The summed E-state index contributed by atoms with van der Waals surface area (Å²) in [5.41, 5.74) is 0. The van der Waals surface area contributed by atoms with Gasteiger partial charge in [0.15, 0.2) is 0 Å². The molecule has 0 saturated carbocycles. The van der Waals surface area contributed by atoms with Crippen LogP contribution in [0.15, 0.2) is 0 Å². The number of ether oxygens (including phenoxy) is 8. The Balaban J connectivity index is -0.0000000477. The first kappa shape index (κ1) is 55.4. The molecule has 0 unspecified atom stereocenters. The highest BCUT2D eigenvalue weighted by atomic mass is 16.8. The van der Waals surface area contributed by atoms with Gasteiger partial charge in [-0.2, -0.15) is 0 Å². The predicted octanol–water partition coefficient (Wildman–Crippen LogP) is -0.464. The Hall–Kier alpha value is -3.16. The second kappa shape index (κ2) is 59.1. The zero-order valence-corrected chi connectivity index (χ0v) is 21.2. The summed E-state index contributed by atoms with van der Waals surface area (Å²) < 4.78 is 33.3. The first-order valence-corrected chi connectivity index (χ1v) is 9.40. The molecule has 0 aromatic heterocycles. The van der Waals surface area contributed by atoms with Gasteiger partial charge in [0, 0.05) is 14.2 Å². The van der Waals surface area contributed by atoms with Gasteiger partial charge < -0.3 is 68.5 Å². The molecule has 0 aliphatic carbocycles. The van der Waals surface area contributed by atoms with Crippen LogP contribution in [0.1, 0.15) is 14.9 Å². The molecule has 6 N–H and O–H groups in total. The van der Waals surface area contributed by atoms with E-state index in [1.54, 1.807) is 0 Å². The third-order valence-electron chi connectivity index (χ3n) is 1.91. The van der Waals surface area contributed by atoms with Gasteiger partial charge in [0.2, 0.25) is 0 Å². The largest absolute Gasteiger partial charge is 0.508 e. The quantitative estimate of drug-likeness (QED) is 0.178. The number of aliphatic hydroxyl groups is 6. The van der Waals surface area contributed by atoms with Gasteiger partial charge in [-0.15, -0.1) is 0 Å². The van der Waals surface area contributed by atoms with Crippen molar-refractivity contribution in [1.82, 2.24) is 0 Å². The van der Waals surface area contributed by atoms with Gasteiger partial charge in [-0.05, 0) is 0 Å². The lowest BCUT2D eigenvalue weighted by Crippen LogP contribution is -2.07. The van der Waals surface area contributed by atoms with Crippen LogP contribution in [0.4, 0.5) is 19.2 Å². The van der Waals surface area contributed by atoms with Gasteiger partial charge in [-0.1, -0.05) is 14.9 Å². The normalized spacial score (nSPS) is 8.79. The third kappa shape index (κ3) is 76.7. The number of cyclic esters (lactones) is 2. The molecular weight excluding hydrogens is 528 g/mol. The SMILES string of the molecule is C.C.CO.CO.COC(=O)OC.COC(=O)OCCO.COC(=O)OCCO.O=C1OCCO1.OCCO. The van der Waals surface area contributed by atoms with Crippen molar-refractivity contribution < 1.29 is 87.7 Å². The van der Waals surface area contributed by atoms with Gasteiger partial charge in [0.25, 0.3) is 0 Å². The molecule has 236 valence electrons. The molecular formula is C20H48O18. The first-order valence-electron chi connectivity index (χ1n) is 9.40. The lowest BCUT2D eigenvalue weighted by atomic mass is 10.8. The first-order chi connectivity index (χ1) is 17.2. The highest BCUT2D eigenvalue weighted by Gasteiger charge is 2.09. The van der Waals surface area contributed by atoms with Crippen LogP contribution in [0, 0.1) is 0 Å². The molecule has 0 amide bonds.